The molecule has 0 aliphatic rings. The van der Waals surface area contributed by atoms with Crippen LogP contribution >= 0.6 is 15.9 Å². The molecule has 0 radical (unpaired) electrons. The summed E-state index contributed by atoms with van der Waals surface area (Å²) >= 11 is 3.46. The third kappa shape index (κ3) is 3.71. The molecule has 0 amide bonds. The van der Waals surface area contributed by atoms with Gasteiger partial charge in [-0.15, -0.1) is 0 Å². The van der Waals surface area contributed by atoms with E-state index in [2.05, 4.69) is 15.9 Å². The van der Waals surface area contributed by atoms with Gasteiger partial charge < -0.3 is 9.47 Å². The topological polar surface area (TPSA) is 35.5 Å². The van der Waals surface area contributed by atoms with Crippen LogP contribution in [0.3, 0.4) is 0 Å². The molecule has 0 aromatic heterocycles. The first-order valence-corrected chi connectivity index (χ1v) is 7.45. The first-order valence-electron chi connectivity index (χ1n) is 6.65. The molecule has 0 spiro atoms. The quantitative estimate of drug-likeness (QED) is 0.584. The summed E-state index contributed by atoms with van der Waals surface area (Å²) in [4.78, 5) is 12.7. The maximum atomic E-state index is 12.7. The van der Waals surface area contributed by atoms with Gasteiger partial charge in [-0.3, -0.25) is 4.79 Å². The van der Waals surface area contributed by atoms with E-state index in [0.717, 1.165) is 10.0 Å². The second-order valence-electron chi connectivity index (χ2n) is 4.58. The van der Waals surface area contributed by atoms with E-state index in [4.69, 9.17) is 9.47 Å². The van der Waals surface area contributed by atoms with E-state index in [9.17, 15) is 4.79 Å². The number of hydrogen-bond acceptors (Lipinski definition) is 3. The Kier molecular flexibility index (Phi) is 5.53. The highest BCUT2D eigenvalue weighted by molar-refractivity contribution is 9.10. The fourth-order valence-corrected chi connectivity index (χ4v) is 2.38. The molecule has 4 heteroatoms. The van der Waals surface area contributed by atoms with Crippen LogP contribution in [-0.4, -0.2) is 26.1 Å². The minimum atomic E-state index is -0.0400. The summed E-state index contributed by atoms with van der Waals surface area (Å²) in [5.41, 5.74) is 2.16. The third-order valence-electron chi connectivity index (χ3n) is 3.19. The van der Waals surface area contributed by atoms with E-state index in [-0.39, 0.29) is 5.78 Å². The number of carbonyl (C=O) groups excluding carboxylic acids is 1. The van der Waals surface area contributed by atoms with Gasteiger partial charge >= 0.3 is 0 Å². The van der Waals surface area contributed by atoms with Crippen LogP contribution in [0.25, 0.3) is 0 Å². The largest absolute Gasteiger partial charge is 0.490 e. The van der Waals surface area contributed by atoms with Crippen molar-refractivity contribution in [2.75, 3.05) is 20.3 Å². The molecule has 0 N–H and O–H groups in total. The van der Waals surface area contributed by atoms with Crippen molar-refractivity contribution < 1.29 is 14.3 Å². The minimum absolute atomic E-state index is 0.0400. The van der Waals surface area contributed by atoms with E-state index < -0.39 is 0 Å². The lowest BCUT2D eigenvalue weighted by Crippen LogP contribution is -2.10. The van der Waals surface area contributed by atoms with Gasteiger partial charge in [0.2, 0.25) is 0 Å². The Balaban J connectivity index is 2.33. The number of benzene rings is 2. The highest BCUT2D eigenvalue weighted by Crippen LogP contribution is 2.26. The summed E-state index contributed by atoms with van der Waals surface area (Å²) in [6.07, 6.45) is 0. The molecule has 0 saturated carbocycles. The van der Waals surface area contributed by atoms with Gasteiger partial charge in [0.1, 0.15) is 12.4 Å². The van der Waals surface area contributed by atoms with Crippen molar-refractivity contribution in [1.82, 2.24) is 0 Å². The molecule has 0 unspecified atom stereocenters. The highest BCUT2D eigenvalue weighted by Gasteiger charge is 2.17. The number of ether oxygens (including phenoxy) is 2. The van der Waals surface area contributed by atoms with Crippen LogP contribution in [0.15, 0.2) is 46.9 Å². The lowest BCUT2D eigenvalue weighted by Gasteiger charge is -2.12. The number of carbonyl (C=O) groups is 1. The molecular weight excluding hydrogens is 332 g/mol. The van der Waals surface area contributed by atoms with Crippen LogP contribution in [0.1, 0.15) is 21.5 Å². The molecule has 2 aromatic rings. The molecule has 0 atom stereocenters. The minimum Gasteiger partial charge on any atom is -0.490 e. The second-order valence-corrected chi connectivity index (χ2v) is 5.43. The van der Waals surface area contributed by atoms with E-state index in [0.29, 0.717) is 30.1 Å². The fourth-order valence-electron chi connectivity index (χ4n) is 2.01. The molecular formula is C17H17BrO3. The Morgan fingerprint density at radius 2 is 1.76 bits per heavy atom. The Bertz CT molecular complexity index is 638. The summed E-state index contributed by atoms with van der Waals surface area (Å²) in [6, 6.07) is 12.9. The molecule has 2 aromatic carbocycles. The van der Waals surface area contributed by atoms with Crippen LogP contribution in [-0.2, 0) is 4.74 Å². The van der Waals surface area contributed by atoms with Gasteiger partial charge in [0, 0.05) is 17.1 Å². The summed E-state index contributed by atoms with van der Waals surface area (Å²) in [7, 11) is 1.62. The smallest absolute Gasteiger partial charge is 0.197 e. The number of ketones is 1. The zero-order chi connectivity index (χ0) is 15.2. The molecule has 0 fully saturated rings. The van der Waals surface area contributed by atoms with Crippen molar-refractivity contribution in [3.05, 3.63) is 63.6 Å². The van der Waals surface area contributed by atoms with E-state index >= 15 is 0 Å². The van der Waals surface area contributed by atoms with Gasteiger partial charge in [-0.25, -0.2) is 0 Å². The Hall–Kier alpha value is -1.65. The van der Waals surface area contributed by atoms with Gasteiger partial charge in [0.25, 0.3) is 0 Å². The van der Waals surface area contributed by atoms with Gasteiger partial charge in [0.15, 0.2) is 5.78 Å². The Morgan fingerprint density at radius 1 is 1.05 bits per heavy atom. The maximum Gasteiger partial charge on any atom is 0.197 e. The first-order chi connectivity index (χ1) is 10.1. The molecule has 3 nitrogen and oxygen atoms in total. The standard InChI is InChI=1S/C17H17BrO3/c1-12-13(7-5-8-15(12)18)17(19)14-6-3-4-9-16(14)21-11-10-20-2/h3-9H,10-11H2,1-2H3. The molecule has 2 rings (SSSR count). The number of methoxy groups -OCH3 is 1. The fraction of sp³-hybridized carbons (Fsp3) is 0.235. The van der Waals surface area contributed by atoms with Crippen molar-refractivity contribution in [3.8, 4) is 5.75 Å². The van der Waals surface area contributed by atoms with Crippen LogP contribution in [0.4, 0.5) is 0 Å². The van der Waals surface area contributed by atoms with Crippen molar-refractivity contribution in [3.63, 3.8) is 0 Å². The molecule has 0 saturated heterocycles. The van der Waals surface area contributed by atoms with Crippen molar-refractivity contribution in [2.45, 2.75) is 6.92 Å². The Labute approximate surface area is 133 Å². The van der Waals surface area contributed by atoms with Gasteiger partial charge in [-0.1, -0.05) is 40.2 Å². The summed E-state index contributed by atoms with van der Waals surface area (Å²) in [5.74, 6) is 0.542. The number of para-hydroxylation sites is 1. The van der Waals surface area contributed by atoms with Crippen LogP contribution in [0.2, 0.25) is 0 Å². The normalized spacial score (nSPS) is 10.4. The number of halogens is 1. The van der Waals surface area contributed by atoms with Gasteiger partial charge in [-0.05, 0) is 30.7 Å². The molecule has 0 bridgehead atoms. The van der Waals surface area contributed by atoms with Gasteiger partial charge in [0.05, 0.1) is 12.2 Å². The van der Waals surface area contributed by atoms with Crippen LogP contribution in [0, 0.1) is 6.92 Å². The zero-order valence-corrected chi connectivity index (χ0v) is 13.6. The SMILES string of the molecule is COCCOc1ccccc1C(=O)c1cccc(Br)c1C. The molecule has 0 aliphatic heterocycles. The summed E-state index contributed by atoms with van der Waals surface area (Å²) in [6.45, 7) is 2.82. The van der Waals surface area contributed by atoms with Crippen molar-refractivity contribution >= 4 is 21.7 Å². The van der Waals surface area contributed by atoms with Crippen LogP contribution < -0.4 is 4.74 Å². The lowest BCUT2D eigenvalue weighted by molar-refractivity contribution is 0.103. The lowest BCUT2D eigenvalue weighted by atomic mass is 9.98. The molecule has 0 aliphatic carbocycles. The van der Waals surface area contributed by atoms with E-state index in [1.54, 1.807) is 19.2 Å². The monoisotopic (exact) mass is 348 g/mol. The second kappa shape index (κ2) is 7.38. The predicted molar refractivity (Wildman–Crippen MR) is 86.1 cm³/mol. The summed E-state index contributed by atoms with van der Waals surface area (Å²) < 4.78 is 11.5. The number of hydrogen-bond donors (Lipinski definition) is 0. The first kappa shape index (κ1) is 15.7. The average molecular weight is 349 g/mol. The molecule has 21 heavy (non-hydrogen) atoms. The number of rotatable bonds is 6. The van der Waals surface area contributed by atoms with Crippen molar-refractivity contribution in [1.29, 1.82) is 0 Å². The van der Waals surface area contributed by atoms with E-state index in [1.165, 1.54) is 0 Å². The van der Waals surface area contributed by atoms with E-state index in [1.807, 2.05) is 37.3 Å². The highest BCUT2D eigenvalue weighted by atomic mass is 79.9. The zero-order valence-electron chi connectivity index (χ0n) is 12.1. The third-order valence-corrected chi connectivity index (χ3v) is 4.05. The van der Waals surface area contributed by atoms with Crippen LogP contribution in [0.5, 0.6) is 5.75 Å². The van der Waals surface area contributed by atoms with Crippen molar-refractivity contribution in [2.24, 2.45) is 0 Å². The maximum absolute atomic E-state index is 12.7. The average Bonchev–Trinajstić information content (AvgIpc) is 2.50. The molecule has 0 heterocycles. The predicted octanol–water partition coefficient (Wildman–Crippen LogP) is 4.01. The molecule has 110 valence electrons. The van der Waals surface area contributed by atoms with Gasteiger partial charge in [-0.2, -0.15) is 0 Å². The Morgan fingerprint density at radius 3 is 2.52 bits per heavy atom. The summed E-state index contributed by atoms with van der Waals surface area (Å²) in [5, 5.41) is 0.